The summed E-state index contributed by atoms with van der Waals surface area (Å²) in [6.07, 6.45) is 6.95. The van der Waals surface area contributed by atoms with Crippen LogP contribution in [0.1, 0.15) is 35.2 Å². The minimum absolute atomic E-state index is 0.501. The van der Waals surface area contributed by atoms with Gasteiger partial charge >= 0.3 is 0 Å². The zero-order valence-electron chi connectivity index (χ0n) is 14.8. The molecule has 1 saturated carbocycles. The van der Waals surface area contributed by atoms with Gasteiger partial charge in [-0.05, 0) is 49.9 Å². The number of nitrogens with zero attached hydrogens (tertiary/aromatic N) is 5. The summed E-state index contributed by atoms with van der Waals surface area (Å²) < 4.78 is 9.33. The lowest BCUT2D eigenvalue weighted by molar-refractivity contribution is 0.208. The highest BCUT2D eigenvalue weighted by atomic mass is 32.1. The molecule has 3 heterocycles. The number of imidazole rings is 1. The molecule has 0 aliphatic heterocycles. The van der Waals surface area contributed by atoms with Crippen molar-refractivity contribution in [3.63, 3.8) is 0 Å². The van der Waals surface area contributed by atoms with Gasteiger partial charge in [0.25, 0.3) is 0 Å². The van der Waals surface area contributed by atoms with Crippen LogP contribution >= 0.6 is 11.3 Å². The molecule has 5 rings (SSSR count). The Labute approximate surface area is 159 Å². The lowest BCUT2D eigenvalue weighted by Gasteiger charge is -2.08. The van der Waals surface area contributed by atoms with Crippen LogP contribution in [0.2, 0.25) is 0 Å². The first-order valence-electron chi connectivity index (χ1n) is 8.94. The highest BCUT2D eigenvalue weighted by Crippen LogP contribution is 2.31. The van der Waals surface area contributed by atoms with E-state index in [9.17, 15) is 5.11 Å². The number of aryl methyl sites for hydroxylation is 1. The van der Waals surface area contributed by atoms with Crippen molar-refractivity contribution in [1.82, 2.24) is 24.4 Å². The van der Waals surface area contributed by atoms with Gasteiger partial charge in [0.15, 0.2) is 0 Å². The molecular weight excluding hydrogens is 362 g/mol. The van der Waals surface area contributed by atoms with Crippen LogP contribution in [0.3, 0.4) is 0 Å². The number of fused-ring (bicyclic) bond motifs is 1. The van der Waals surface area contributed by atoms with E-state index in [1.165, 1.54) is 12.8 Å². The van der Waals surface area contributed by atoms with E-state index in [0.717, 1.165) is 39.4 Å². The van der Waals surface area contributed by atoms with Crippen molar-refractivity contribution < 1.29 is 9.84 Å². The van der Waals surface area contributed by atoms with Gasteiger partial charge in [-0.3, -0.25) is 4.40 Å². The molecule has 0 bridgehead atoms. The standard InChI is InChI=1S/C19H19N5O2S/c1-12-18(23-11-20-8-17(23)27-12)19(25)16-9-24(22-21-16)14-4-6-15(7-5-14)26-10-13-2-3-13/h4-9,11,13,19,25H,2-3,10H2,1H3. The van der Waals surface area contributed by atoms with E-state index >= 15 is 0 Å². The van der Waals surface area contributed by atoms with Crippen molar-refractivity contribution in [1.29, 1.82) is 0 Å². The molecule has 27 heavy (non-hydrogen) atoms. The topological polar surface area (TPSA) is 77.5 Å². The van der Waals surface area contributed by atoms with Gasteiger partial charge in [0, 0.05) is 4.88 Å². The van der Waals surface area contributed by atoms with Crippen molar-refractivity contribution in [3.05, 3.63) is 59.3 Å². The molecule has 1 N–H and O–H groups in total. The molecule has 4 aromatic rings. The molecule has 1 aromatic carbocycles. The molecule has 138 valence electrons. The number of benzene rings is 1. The molecule has 1 unspecified atom stereocenters. The minimum atomic E-state index is -0.858. The maximum atomic E-state index is 10.8. The Bertz CT molecular complexity index is 1080. The van der Waals surface area contributed by atoms with Gasteiger partial charge in [-0.2, -0.15) is 0 Å². The van der Waals surface area contributed by atoms with Gasteiger partial charge in [0.2, 0.25) is 0 Å². The molecule has 1 aliphatic carbocycles. The van der Waals surface area contributed by atoms with Crippen LogP contribution in [-0.2, 0) is 0 Å². The highest BCUT2D eigenvalue weighted by Gasteiger charge is 2.23. The number of thiazole rings is 1. The van der Waals surface area contributed by atoms with Crippen molar-refractivity contribution in [2.24, 2.45) is 5.92 Å². The molecule has 0 radical (unpaired) electrons. The largest absolute Gasteiger partial charge is 0.493 e. The van der Waals surface area contributed by atoms with Crippen molar-refractivity contribution in [2.75, 3.05) is 6.61 Å². The third-order valence-corrected chi connectivity index (χ3v) is 5.84. The second kappa shape index (κ2) is 6.47. The molecular formula is C19H19N5O2S. The number of hydrogen-bond donors (Lipinski definition) is 1. The summed E-state index contributed by atoms with van der Waals surface area (Å²) in [6.45, 7) is 2.78. The quantitative estimate of drug-likeness (QED) is 0.555. The third kappa shape index (κ3) is 3.11. The Hall–Kier alpha value is -2.71. The lowest BCUT2D eigenvalue weighted by atomic mass is 10.2. The van der Waals surface area contributed by atoms with Crippen LogP contribution in [0, 0.1) is 12.8 Å². The Morgan fingerprint density at radius 1 is 1.30 bits per heavy atom. The Morgan fingerprint density at radius 3 is 2.89 bits per heavy atom. The number of ether oxygens (including phenoxy) is 1. The van der Waals surface area contributed by atoms with Gasteiger partial charge in [-0.1, -0.05) is 5.21 Å². The molecule has 1 fully saturated rings. The molecule has 1 atom stereocenters. The molecule has 1 aliphatic rings. The third-order valence-electron chi connectivity index (χ3n) is 4.82. The maximum absolute atomic E-state index is 10.8. The van der Waals surface area contributed by atoms with Crippen LogP contribution in [0.5, 0.6) is 5.75 Å². The monoisotopic (exact) mass is 381 g/mol. The van der Waals surface area contributed by atoms with Crippen molar-refractivity contribution in [3.8, 4) is 11.4 Å². The van der Waals surface area contributed by atoms with E-state index in [2.05, 4.69) is 15.3 Å². The van der Waals surface area contributed by atoms with Crippen LogP contribution in [0.4, 0.5) is 0 Å². The highest BCUT2D eigenvalue weighted by molar-refractivity contribution is 7.17. The predicted molar refractivity (Wildman–Crippen MR) is 101 cm³/mol. The molecule has 0 spiro atoms. The fraction of sp³-hybridized carbons (Fsp3) is 0.316. The van der Waals surface area contributed by atoms with Gasteiger partial charge < -0.3 is 9.84 Å². The predicted octanol–water partition coefficient (Wildman–Crippen LogP) is 3.16. The number of rotatable bonds is 6. The van der Waals surface area contributed by atoms with E-state index < -0.39 is 6.10 Å². The first-order valence-corrected chi connectivity index (χ1v) is 9.75. The molecule has 0 amide bonds. The zero-order valence-corrected chi connectivity index (χ0v) is 15.6. The van der Waals surface area contributed by atoms with Gasteiger partial charge in [0.1, 0.15) is 28.7 Å². The van der Waals surface area contributed by atoms with Crippen LogP contribution in [0.25, 0.3) is 10.5 Å². The SMILES string of the molecule is Cc1sc2cncn2c1C(O)c1cn(-c2ccc(OCC3CC3)cc2)nn1. The van der Waals surface area contributed by atoms with E-state index in [1.807, 2.05) is 35.6 Å². The summed E-state index contributed by atoms with van der Waals surface area (Å²) in [6, 6.07) is 7.76. The number of hydrogen-bond acceptors (Lipinski definition) is 6. The summed E-state index contributed by atoms with van der Waals surface area (Å²) >= 11 is 1.60. The number of aliphatic hydroxyl groups excluding tert-OH is 1. The van der Waals surface area contributed by atoms with Crippen molar-refractivity contribution >= 4 is 16.2 Å². The smallest absolute Gasteiger partial charge is 0.141 e. The van der Waals surface area contributed by atoms with E-state index in [1.54, 1.807) is 34.7 Å². The summed E-state index contributed by atoms with van der Waals surface area (Å²) in [7, 11) is 0. The average molecular weight is 381 g/mol. The lowest BCUT2D eigenvalue weighted by Crippen LogP contribution is -2.05. The Kier molecular flexibility index (Phi) is 3.95. The second-order valence-corrected chi connectivity index (χ2v) is 8.12. The van der Waals surface area contributed by atoms with Crippen LogP contribution in [0.15, 0.2) is 43.0 Å². The van der Waals surface area contributed by atoms with E-state index in [-0.39, 0.29) is 0 Å². The first kappa shape index (κ1) is 16.5. The summed E-state index contributed by atoms with van der Waals surface area (Å²) in [5.74, 6) is 1.59. The van der Waals surface area contributed by atoms with Crippen LogP contribution in [-0.4, -0.2) is 36.1 Å². The summed E-state index contributed by atoms with van der Waals surface area (Å²) in [4.78, 5) is 6.17. The number of aromatic nitrogens is 5. The normalized spacial score (nSPS) is 15.3. The fourth-order valence-corrected chi connectivity index (χ4v) is 4.09. The van der Waals surface area contributed by atoms with Gasteiger partial charge in [-0.15, -0.1) is 16.4 Å². The molecule has 3 aromatic heterocycles. The summed E-state index contributed by atoms with van der Waals surface area (Å²) in [5.41, 5.74) is 2.15. The second-order valence-electron chi connectivity index (χ2n) is 6.88. The number of aliphatic hydroxyl groups is 1. The zero-order chi connectivity index (χ0) is 18.4. The average Bonchev–Trinajstić information content (AvgIpc) is 3.05. The van der Waals surface area contributed by atoms with E-state index in [4.69, 9.17) is 4.74 Å². The fourth-order valence-electron chi connectivity index (χ4n) is 3.10. The summed E-state index contributed by atoms with van der Waals surface area (Å²) in [5, 5.41) is 19.2. The van der Waals surface area contributed by atoms with Gasteiger partial charge in [-0.25, -0.2) is 9.67 Å². The first-order chi connectivity index (χ1) is 13.2. The molecule has 8 heteroatoms. The van der Waals surface area contributed by atoms with Gasteiger partial charge in [0.05, 0.1) is 30.4 Å². The van der Waals surface area contributed by atoms with E-state index in [0.29, 0.717) is 5.69 Å². The molecule has 0 saturated heterocycles. The van der Waals surface area contributed by atoms with Crippen LogP contribution < -0.4 is 4.74 Å². The molecule has 7 nitrogen and oxygen atoms in total. The maximum Gasteiger partial charge on any atom is 0.141 e. The van der Waals surface area contributed by atoms with Crippen molar-refractivity contribution in [2.45, 2.75) is 25.9 Å². The Balaban J connectivity index is 1.37. The Morgan fingerprint density at radius 2 is 2.11 bits per heavy atom. The minimum Gasteiger partial charge on any atom is -0.493 e.